The minimum atomic E-state index is -1.31. The summed E-state index contributed by atoms with van der Waals surface area (Å²) in [7, 11) is 1.31. The minimum Gasteiger partial charge on any atom is -0.467 e. The Bertz CT molecular complexity index is 658. The van der Waals surface area contributed by atoms with Crippen molar-refractivity contribution in [1.82, 2.24) is 5.32 Å². The summed E-state index contributed by atoms with van der Waals surface area (Å²) in [6.45, 7) is -0.208. The fourth-order valence-electron chi connectivity index (χ4n) is 2.55. The first-order chi connectivity index (χ1) is 11.1. The third-order valence-corrected chi connectivity index (χ3v) is 3.65. The molecule has 0 saturated heterocycles. The van der Waals surface area contributed by atoms with Crippen LogP contribution in [0.15, 0.2) is 60.7 Å². The SMILES string of the molecule is COC(=O)C(Cc1ccccc1)(NC(=O)CN)c1ccccc1. The predicted molar refractivity (Wildman–Crippen MR) is 87.5 cm³/mol. The highest BCUT2D eigenvalue weighted by Crippen LogP contribution is 2.27. The Morgan fingerprint density at radius 3 is 2.13 bits per heavy atom. The lowest BCUT2D eigenvalue weighted by Gasteiger charge is -2.32. The van der Waals surface area contributed by atoms with Gasteiger partial charge in [-0.15, -0.1) is 0 Å². The van der Waals surface area contributed by atoms with Crippen LogP contribution in [0, 0.1) is 0 Å². The highest BCUT2D eigenvalue weighted by atomic mass is 16.5. The number of methoxy groups -OCH3 is 1. The van der Waals surface area contributed by atoms with Gasteiger partial charge in [0, 0.05) is 6.42 Å². The zero-order valence-electron chi connectivity index (χ0n) is 13.0. The fourth-order valence-corrected chi connectivity index (χ4v) is 2.55. The maximum Gasteiger partial charge on any atom is 0.336 e. The van der Waals surface area contributed by atoms with Gasteiger partial charge in [-0.2, -0.15) is 0 Å². The highest BCUT2D eigenvalue weighted by molar-refractivity contribution is 5.90. The predicted octanol–water partition coefficient (Wildman–Crippen LogP) is 1.37. The Morgan fingerprint density at radius 2 is 1.61 bits per heavy atom. The van der Waals surface area contributed by atoms with Crippen LogP contribution in [-0.2, 0) is 26.3 Å². The van der Waals surface area contributed by atoms with E-state index in [9.17, 15) is 9.59 Å². The Labute approximate surface area is 135 Å². The summed E-state index contributed by atoms with van der Waals surface area (Å²) >= 11 is 0. The standard InChI is InChI=1S/C18H20N2O3/c1-23-17(22)18(20-16(21)13-19,15-10-6-3-7-11-15)12-14-8-4-2-5-9-14/h2-11H,12-13,19H2,1H3,(H,20,21). The Hall–Kier alpha value is -2.66. The molecule has 1 amide bonds. The molecule has 0 fully saturated rings. The third-order valence-electron chi connectivity index (χ3n) is 3.65. The molecule has 2 rings (SSSR count). The van der Waals surface area contributed by atoms with E-state index in [4.69, 9.17) is 10.5 Å². The number of esters is 1. The number of nitrogens with one attached hydrogen (secondary N) is 1. The van der Waals surface area contributed by atoms with Crippen molar-refractivity contribution in [2.24, 2.45) is 5.73 Å². The van der Waals surface area contributed by atoms with E-state index in [1.807, 2.05) is 48.5 Å². The van der Waals surface area contributed by atoms with Gasteiger partial charge in [0.1, 0.15) is 0 Å². The summed E-state index contributed by atoms with van der Waals surface area (Å²) in [6.07, 6.45) is 0.274. The van der Waals surface area contributed by atoms with Gasteiger partial charge in [-0.3, -0.25) is 4.79 Å². The van der Waals surface area contributed by atoms with Crippen molar-refractivity contribution in [1.29, 1.82) is 0 Å². The molecule has 0 spiro atoms. The number of hydrogen-bond acceptors (Lipinski definition) is 4. The van der Waals surface area contributed by atoms with Crippen LogP contribution in [0.2, 0.25) is 0 Å². The lowest BCUT2D eigenvalue weighted by molar-refractivity contribution is -0.151. The van der Waals surface area contributed by atoms with Crippen molar-refractivity contribution in [3.05, 3.63) is 71.8 Å². The van der Waals surface area contributed by atoms with Crippen molar-refractivity contribution in [3.8, 4) is 0 Å². The molecule has 1 atom stereocenters. The summed E-state index contributed by atoms with van der Waals surface area (Å²) in [5, 5.41) is 2.76. The lowest BCUT2D eigenvalue weighted by atomic mass is 9.83. The minimum absolute atomic E-state index is 0.208. The molecule has 0 bridgehead atoms. The number of nitrogens with two attached hydrogens (primary N) is 1. The molecule has 23 heavy (non-hydrogen) atoms. The van der Waals surface area contributed by atoms with Crippen LogP contribution in [-0.4, -0.2) is 25.5 Å². The molecule has 0 radical (unpaired) electrons. The van der Waals surface area contributed by atoms with Crippen LogP contribution < -0.4 is 11.1 Å². The van der Waals surface area contributed by atoms with E-state index in [0.29, 0.717) is 5.56 Å². The monoisotopic (exact) mass is 312 g/mol. The largest absolute Gasteiger partial charge is 0.467 e. The molecule has 120 valence electrons. The number of rotatable bonds is 6. The molecule has 0 aliphatic rings. The van der Waals surface area contributed by atoms with Crippen molar-refractivity contribution >= 4 is 11.9 Å². The van der Waals surface area contributed by atoms with Gasteiger partial charge in [0.15, 0.2) is 5.54 Å². The van der Waals surface area contributed by atoms with Crippen molar-refractivity contribution in [2.75, 3.05) is 13.7 Å². The van der Waals surface area contributed by atoms with E-state index in [-0.39, 0.29) is 13.0 Å². The second-order valence-corrected chi connectivity index (χ2v) is 5.18. The van der Waals surface area contributed by atoms with Crippen LogP contribution in [0.5, 0.6) is 0 Å². The molecular weight excluding hydrogens is 292 g/mol. The first-order valence-corrected chi connectivity index (χ1v) is 7.31. The molecule has 5 nitrogen and oxygen atoms in total. The molecule has 3 N–H and O–H groups in total. The fraction of sp³-hybridized carbons (Fsp3) is 0.222. The maximum absolute atomic E-state index is 12.6. The summed E-state index contributed by atoms with van der Waals surface area (Å²) in [5.74, 6) is -0.954. The molecule has 2 aromatic rings. The van der Waals surface area contributed by atoms with Crippen LogP contribution in [0.3, 0.4) is 0 Å². The molecule has 0 aromatic heterocycles. The van der Waals surface area contributed by atoms with Gasteiger partial charge in [-0.05, 0) is 11.1 Å². The average molecular weight is 312 g/mol. The molecule has 5 heteroatoms. The quantitative estimate of drug-likeness (QED) is 0.789. The Morgan fingerprint density at radius 1 is 1.04 bits per heavy atom. The van der Waals surface area contributed by atoms with Crippen LogP contribution in [0.4, 0.5) is 0 Å². The van der Waals surface area contributed by atoms with Gasteiger partial charge in [-0.1, -0.05) is 60.7 Å². The summed E-state index contributed by atoms with van der Waals surface area (Å²) < 4.78 is 4.99. The van der Waals surface area contributed by atoms with Gasteiger partial charge in [0.2, 0.25) is 5.91 Å². The smallest absolute Gasteiger partial charge is 0.336 e. The summed E-state index contributed by atoms with van der Waals surface area (Å²) in [6, 6.07) is 18.5. The van der Waals surface area contributed by atoms with Gasteiger partial charge >= 0.3 is 5.97 Å². The highest BCUT2D eigenvalue weighted by Gasteiger charge is 2.42. The molecule has 2 aromatic carbocycles. The van der Waals surface area contributed by atoms with Crippen LogP contribution in [0.25, 0.3) is 0 Å². The second kappa shape index (κ2) is 7.56. The number of carbonyl (C=O) groups excluding carboxylic acids is 2. The van der Waals surface area contributed by atoms with Crippen LogP contribution in [0.1, 0.15) is 11.1 Å². The van der Waals surface area contributed by atoms with E-state index in [1.165, 1.54) is 7.11 Å². The van der Waals surface area contributed by atoms with E-state index in [0.717, 1.165) is 5.56 Å². The van der Waals surface area contributed by atoms with E-state index in [1.54, 1.807) is 12.1 Å². The van der Waals surface area contributed by atoms with Gasteiger partial charge < -0.3 is 15.8 Å². The average Bonchev–Trinajstić information content (AvgIpc) is 2.61. The third kappa shape index (κ3) is 3.76. The van der Waals surface area contributed by atoms with Gasteiger partial charge in [-0.25, -0.2) is 4.79 Å². The van der Waals surface area contributed by atoms with Crippen molar-refractivity contribution in [3.63, 3.8) is 0 Å². The summed E-state index contributed by atoms with van der Waals surface area (Å²) in [4.78, 5) is 24.6. The van der Waals surface area contributed by atoms with E-state index >= 15 is 0 Å². The zero-order valence-corrected chi connectivity index (χ0v) is 13.0. The number of benzene rings is 2. The zero-order chi connectivity index (χ0) is 16.7. The van der Waals surface area contributed by atoms with E-state index in [2.05, 4.69) is 5.32 Å². The molecular formula is C18H20N2O3. The Balaban J connectivity index is 2.53. The molecule has 0 saturated carbocycles. The van der Waals surface area contributed by atoms with Crippen molar-refractivity contribution < 1.29 is 14.3 Å². The molecule has 0 aliphatic heterocycles. The lowest BCUT2D eigenvalue weighted by Crippen LogP contribution is -2.55. The molecule has 0 aliphatic carbocycles. The summed E-state index contributed by atoms with van der Waals surface area (Å²) in [5.41, 5.74) is 5.67. The number of ether oxygens (including phenoxy) is 1. The van der Waals surface area contributed by atoms with Gasteiger partial charge in [0.25, 0.3) is 0 Å². The second-order valence-electron chi connectivity index (χ2n) is 5.18. The number of carbonyl (C=O) groups is 2. The molecule has 0 heterocycles. The first-order valence-electron chi connectivity index (χ1n) is 7.31. The number of amides is 1. The Kier molecular flexibility index (Phi) is 5.49. The normalized spacial score (nSPS) is 13.0. The van der Waals surface area contributed by atoms with Crippen molar-refractivity contribution in [2.45, 2.75) is 12.0 Å². The van der Waals surface area contributed by atoms with E-state index < -0.39 is 17.4 Å². The molecule has 1 unspecified atom stereocenters. The van der Waals surface area contributed by atoms with Gasteiger partial charge in [0.05, 0.1) is 13.7 Å². The first kappa shape index (κ1) is 16.7. The number of hydrogen-bond donors (Lipinski definition) is 2. The maximum atomic E-state index is 12.6. The topological polar surface area (TPSA) is 81.4 Å². The van der Waals surface area contributed by atoms with Crippen LogP contribution >= 0.6 is 0 Å².